The molecule has 4 aliphatic heterocycles. The first-order valence-corrected chi connectivity index (χ1v) is 25.8. The van der Waals surface area contributed by atoms with Crippen molar-refractivity contribution in [3.05, 3.63) is 174 Å². The van der Waals surface area contributed by atoms with Gasteiger partial charge in [-0.05, 0) is 104 Å². The van der Waals surface area contributed by atoms with E-state index in [4.69, 9.17) is 14.2 Å². The Balaban J connectivity index is 1.02. The Labute approximate surface area is 393 Å². The van der Waals surface area contributed by atoms with Crippen LogP contribution in [0.25, 0.3) is 0 Å². The summed E-state index contributed by atoms with van der Waals surface area (Å²) in [5, 5.41) is 18.0. The minimum atomic E-state index is -3.08. The van der Waals surface area contributed by atoms with Gasteiger partial charge in [0.2, 0.25) is 0 Å². The van der Waals surface area contributed by atoms with Crippen molar-refractivity contribution in [1.29, 1.82) is 0 Å². The SMILES string of the molecule is C[C@@H]1[C@@H]([Si](C)(C)O)[C@H](CCn2cc(CCO)nn2)O[C@@]12C(=O)N(Cc1cccc(N3C(=O)c4ccccc4Oc4ccccc43)c1)c1ccc(N3C(=O)c4ccccc4Oc4ccccc43)cc12. The van der Waals surface area contributed by atoms with E-state index in [1.54, 1.807) is 55.9 Å². The molecule has 5 heterocycles. The number of anilines is 5. The number of amides is 3. The molecule has 4 atom stereocenters. The molecule has 1 saturated heterocycles. The van der Waals surface area contributed by atoms with Crippen molar-refractivity contribution >= 4 is 54.5 Å². The van der Waals surface area contributed by atoms with Gasteiger partial charge in [0.05, 0.1) is 46.5 Å². The fourth-order valence-electron chi connectivity index (χ4n) is 10.7. The summed E-state index contributed by atoms with van der Waals surface area (Å²) >= 11 is 0. The van der Waals surface area contributed by atoms with Crippen molar-refractivity contribution in [2.45, 2.75) is 63.2 Å². The van der Waals surface area contributed by atoms with Gasteiger partial charge in [-0.15, -0.1) is 5.10 Å². The van der Waals surface area contributed by atoms with E-state index in [1.807, 2.05) is 129 Å². The molecule has 1 fully saturated rings. The second-order valence-electron chi connectivity index (χ2n) is 18.3. The average molecular weight is 925 g/mol. The Morgan fingerprint density at radius 1 is 0.691 bits per heavy atom. The lowest BCUT2D eigenvalue weighted by atomic mass is 9.82. The molecule has 0 aliphatic carbocycles. The maximum Gasteiger partial charge on any atom is 0.266 e. The lowest BCUT2D eigenvalue weighted by Gasteiger charge is -2.32. The van der Waals surface area contributed by atoms with Gasteiger partial charge in [0.15, 0.2) is 25.4 Å². The molecule has 6 aromatic carbocycles. The Morgan fingerprint density at radius 3 is 1.90 bits per heavy atom. The summed E-state index contributed by atoms with van der Waals surface area (Å²) in [6.07, 6.45) is 2.02. The molecule has 4 aliphatic rings. The predicted molar refractivity (Wildman–Crippen MR) is 258 cm³/mol. The summed E-state index contributed by atoms with van der Waals surface area (Å²) in [6, 6.07) is 42.2. The summed E-state index contributed by atoms with van der Waals surface area (Å²) in [6.45, 7) is 6.21. The first-order valence-electron chi connectivity index (χ1n) is 22.8. The normalized spacial score (nSPS) is 20.5. The summed E-state index contributed by atoms with van der Waals surface area (Å²) in [7, 11) is -3.08. The molecule has 14 nitrogen and oxygen atoms in total. The number of ether oxygens (including phenoxy) is 3. The number of aliphatic hydroxyl groups excluding tert-OH is 1. The quantitative estimate of drug-likeness (QED) is 0.127. The van der Waals surface area contributed by atoms with Crippen LogP contribution in [0.2, 0.25) is 18.6 Å². The smallest absolute Gasteiger partial charge is 0.266 e. The van der Waals surface area contributed by atoms with Crippen molar-refractivity contribution in [3.63, 3.8) is 0 Å². The third-order valence-electron chi connectivity index (χ3n) is 13.6. The van der Waals surface area contributed by atoms with E-state index in [0.29, 0.717) is 93.2 Å². The molecule has 15 heteroatoms. The number of aliphatic hydroxyl groups is 1. The maximum absolute atomic E-state index is 15.8. The predicted octanol–water partition coefficient (Wildman–Crippen LogP) is 9.42. The first kappa shape index (κ1) is 43.2. The molecule has 7 aromatic rings. The van der Waals surface area contributed by atoms with Crippen LogP contribution in [0.1, 0.15) is 50.9 Å². The van der Waals surface area contributed by atoms with Crippen molar-refractivity contribution in [1.82, 2.24) is 15.0 Å². The van der Waals surface area contributed by atoms with Crippen LogP contribution in [-0.2, 0) is 34.6 Å². The van der Waals surface area contributed by atoms with E-state index >= 15 is 4.79 Å². The molecule has 0 unspecified atom stereocenters. The van der Waals surface area contributed by atoms with Crippen LogP contribution >= 0.6 is 0 Å². The molecule has 0 saturated carbocycles. The average Bonchev–Trinajstić information content (AvgIpc) is 3.92. The number of para-hydroxylation sites is 6. The van der Waals surface area contributed by atoms with Crippen LogP contribution in [0.4, 0.5) is 28.4 Å². The number of benzene rings is 6. The molecule has 2 N–H and O–H groups in total. The van der Waals surface area contributed by atoms with Gasteiger partial charge in [0.25, 0.3) is 17.7 Å². The Bertz CT molecular complexity index is 3150. The molecule has 0 radical (unpaired) electrons. The van der Waals surface area contributed by atoms with Crippen LogP contribution in [0.3, 0.4) is 0 Å². The number of fused-ring (bicyclic) bond motifs is 6. The standard InChI is InChI=1S/C53H48N6O8Si/c1-33-49(68(2,3)64)48(25-27-56-32-35(26-28-60)54-55-56)67-53(33)40-30-37(59-43-18-7-11-22-47(43)66-45-20-9-5-16-39(45)51(59)62)23-24-41(40)57(52(53)63)31-34-13-12-14-36(29-34)58-42-17-6-10-21-46(42)65-44-19-8-4-15-38(44)50(58)61/h4-24,29-30,32-33,48-49,60,64H,25-28,31H2,1-3H3/t33-,48+,49-,53+/m1/s1. The van der Waals surface area contributed by atoms with E-state index in [1.165, 1.54) is 0 Å². The fourth-order valence-corrected chi connectivity index (χ4v) is 13.3. The highest BCUT2D eigenvalue weighted by molar-refractivity contribution is 6.71. The van der Waals surface area contributed by atoms with Crippen LogP contribution in [-0.4, -0.2) is 63.6 Å². The minimum Gasteiger partial charge on any atom is -0.454 e. The third kappa shape index (κ3) is 7.08. The largest absolute Gasteiger partial charge is 0.454 e. The number of carbonyl (C=O) groups is 3. The number of carbonyl (C=O) groups excluding carboxylic acids is 3. The summed E-state index contributed by atoms with van der Waals surface area (Å²) < 4.78 is 21.6. The lowest BCUT2D eigenvalue weighted by Crippen LogP contribution is -2.46. The van der Waals surface area contributed by atoms with Crippen LogP contribution in [0.5, 0.6) is 23.0 Å². The lowest BCUT2D eigenvalue weighted by molar-refractivity contribution is -0.146. The number of rotatable bonds is 10. The van der Waals surface area contributed by atoms with Gasteiger partial charge >= 0.3 is 0 Å². The molecule has 342 valence electrons. The zero-order valence-corrected chi connectivity index (χ0v) is 38.7. The first-order chi connectivity index (χ1) is 32.9. The van der Waals surface area contributed by atoms with Gasteiger partial charge in [0.1, 0.15) is 11.5 Å². The minimum absolute atomic E-state index is 0.0525. The molecule has 1 spiro atoms. The second-order valence-corrected chi connectivity index (χ2v) is 22.2. The Morgan fingerprint density at radius 2 is 1.28 bits per heavy atom. The third-order valence-corrected chi connectivity index (χ3v) is 16.1. The second kappa shape index (κ2) is 16.7. The summed E-state index contributed by atoms with van der Waals surface area (Å²) in [4.78, 5) is 62.1. The molecule has 1 aromatic heterocycles. The van der Waals surface area contributed by atoms with Crippen LogP contribution < -0.4 is 24.2 Å². The van der Waals surface area contributed by atoms with Gasteiger partial charge in [-0.2, -0.15) is 0 Å². The van der Waals surface area contributed by atoms with Crippen LogP contribution in [0.15, 0.2) is 146 Å². The maximum atomic E-state index is 15.8. The van der Waals surface area contributed by atoms with Crippen molar-refractivity contribution < 1.29 is 38.5 Å². The van der Waals surface area contributed by atoms with E-state index in [-0.39, 0.29) is 30.9 Å². The zero-order valence-electron chi connectivity index (χ0n) is 37.7. The van der Waals surface area contributed by atoms with E-state index in [0.717, 1.165) is 5.56 Å². The number of hydrogen-bond donors (Lipinski definition) is 2. The van der Waals surface area contributed by atoms with Crippen molar-refractivity contribution in [2.75, 3.05) is 21.3 Å². The van der Waals surface area contributed by atoms with Crippen molar-refractivity contribution in [3.8, 4) is 23.0 Å². The van der Waals surface area contributed by atoms with Gasteiger partial charge in [-0.1, -0.05) is 72.8 Å². The molecule has 11 rings (SSSR count). The molecule has 0 bridgehead atoms. The molecular weight excluding hydrogens is 877 g/mol. The summed E-state index contributed by atoms with van der Waals surface area (Å²) in [5.41, 5.74) is 3.62. The highest BCUT2D eigenvalue weighted by atomic mass is 28.4. The topological polar surface area (TPSA) is 160 Å². The Hall–Kier alpha value is -7.43. The van der Waals surface area contributed by atoms with E-state index in [9.17, 15) is 19.5 Å². The number of aromatic nitrogens is 3. The monoisotopic (exact) mass is 924 g/mol. The molecule has 68 heavy (non-hydrogen) atoms. The van der Waals surface area contributed by atoms with E-state index < -0.39 is 31.5 Å². The molecule has 3 amide bonds. The fraction of sp³-hybridized carbons (Fsp3) is 0.226. The highest BCUT2D eigenvalue weighted by Gasteiger charge is 2.66. The van der Waals surface area contributed by atoms with Gasteiger partial charge in [0, 0.05) is 54.2 Å². The van der Waals surface area contributed by atoms with Crippen molar-refractivity contribution in [2.24, 2.45) is 5.92 Å². The van der Waals surface area contributed by atoms with Gasteiger partial charge in [-0.3, -0.25) is 28.9 Å². The highest BCUT2D eigenvalue weighted by Crippen LogP contribution is 2.61. The number of hydrogen-bond acceptors (Lipinski definition) is 10. The van der Waals surface area contributed by atoms with Gasteiger partial charge in [-0.25, -0.2) is 0 Å². The number of nitrogens with zero attached hydrogens (tertiary/aromatic N) is 6. The zero-order chi connectivity index (χ0) is 46.9. The van der Waals surface area contributed by atoms with Gasteiger partial charge < -0.3 is 29.0 Å². The van der Waals surface area contributed by atoms with Crippen LogP contribution in [0, 0.1) is 5.92 Å². The Kier molecular flexibility index (Phi) is 10.6. The number of aryl methyl sites for hydroxylation is 1. The summed E-state index contributed by atoms with van der Waals surface area (Å²) in [5.74, 6) is 0.537. The van der Waals surface area contributed by atoms with E-state index in [2.05, 4.69) is 10.3 Å². The molecular formula is C53H48N6O8Si.